The lowest BCUT2D eigenvalue weighted by atomic mass is 9.86. The van der Waals surface area contributed by atoms with E-state index in [0.717, 1.165) is 39.3 Å². The first-order chi connectivity index (χ1) is 13.2. The Morgan fingerprint density at radius 1 is 1.21 bits per heavy atom. The van der Waals surface area contributed by atoms with Gasteiger partial charge in [-0.2, -0.15) is 0 Å². The number of benzene rings is 1. The molecule has 1 aliphatic heterocycles. The van der Waals surface area contributed by atoms with Crippen molar-refractivity contribution in [1.29, 1.82) is 0 Å². The minimum atomic E-state index is -0.916. The summed E-state index contributed by atoms with van der Waals surface area (Å²) in [5, 5.41) is 16.6. The molecule has 6 heteroatoms. The molecule has 2 aromatic rings. The Bertz CT molecular complexity index is 910. The summed E-state index contributed by atoms with van der Waals surface area (Å²) in [5.41, 5.74) is 4.71. The van der Waals surface area contributed by atoms with Crippen LogP contribution in [0.1, 0.15) is 41.2 Å². The second kappa shape index (κ2) is 7.70. The molecule has 1 atom stereocenters. The molecular weight excluding hydrogens is 354 g/mol. The van der Waals surface area contributed by atoms with E-state index in [-0.39, 0.29) is 5.91 Å². The molecule has 0 bridgehead atoms. The predicted octanol–water partition coefficient (Wildman–Crippen LogP) is 3.33. The van der Waals surface area contributed by atoms with Crippen LogP contribution in [-0.4, -0.2) is 34.7 Å². The van der Waals surface area contributed by atoms with Crippen LogP contribution < -0.4 is 15.4 Å². The number of hydrogen-bond donors (Lipinski definition) is 3. The molecule has 3 rings (SSSR count). The van der Waals surface area contributed by atoms with Crippen molar-refractivity contribution in [1.82, 2.24) is 10.3 Å². The first-order valence-corrected chi connectivity index (χ1v) is 9.68. The third-order valence-electron chi connectivity index (χ3n) is 5.75. The molecule has 0 aliphatic carbocycles. The van der Waals surface area contributed by atoms with Crippen LogP contribution in [0.2, 0.25) is 0 Å². The summed E-state index contributed by atoms with van der Waals surface area (Å²) in [6, 6.07) is 1.92. The third-order valence-corrected chi connectivity index (χ3v) is 5.75. The zero-order valence-electron chi connectivity index (χ0n) is 17.3. The van der Waals surface area contributed by atoms with Crippen LogP contribution in [0.5, 0.6) is 11.5 Å². The van der Waals surface area contributed by atoms with E-state index in [1.165, 1.54) is 0 Å². The fraction of sp³-hybridized carbons (Fsp3) is 0.455. The van der Waals surface area contributed by atoms with E-state index in [1.807, 2.05) is 40.7 Å². The monoisotopic (exact) mass is 383 g/mol. The van der Waals surface area contributed by atoms with Gasteiger partial charge >= 0.3 is 0 Å². The van der Waals surface area contributed by atoms with E-state index < -0.39 is 5.60 Å². The van der Waals surface area contributed by atoms with Gasteiger partial charge in [0.05, 0.1) is 0 Å². The minimum absolute atomic E-state index is 0.116. The number of carbonyl (C=O) groups excluding carboxylic acids is 1. The van der Waals surface area contributed by atoms with E-state index in [2.05, 4.69) is 15.6 Å². The molecule has 6 nitrogen and oxygen atoms in total. The molecule has 1 unspecified atom stereocenters. The number of ether oxygens (including phenoxy) is 1. The van der Waals surface area contributed by atoms with E-state index in [9.17, 15) is 9.90 Å². The van der Waals surface area contributed by atoms with Crippen LogP contribution in [0.3, 0.4) is 0 Å². The van der Waals surface area contributed by atoms with Crippen LogP contribution in [-0.2, 0) is 11.2 Å². The highest BCUT2D eigenvalue weighted by atomic mass is 16.5. The first-order valence-electron chi connectivity index (χ1n) is 9.68. The second-order valence-electron chi connectivity index (χ2n) is 7.74. The number of aryl methyl sites for hydroxylation is 1. The highest BCUT2D eigenvalue weighted by Crippen LogP contribution is 2.43. The van der Waals surface area contributed by atoms with Gasteiger partial charge in [-0.25, -0.2) is 0 Å². The number of phenols is 1. The Morgan fingerprint density at radius 2 is 1.96 bits per heavy atom. The van der Waals surface area contributed by atoms with Gasteiger partial charge in [-0.05, 0) is 69.4 Å². The number of nitrogens with zero attached hydrogens (tertiary/aromatic N) is 1. The van der Waals surface area contributed by atoms with Gasteiger partial charge in [-0.3, -0.25) is 9.78 Å². The third kappa shape index (κ3) is 3.63. The van der Waals surface area contributed by atoms with Crippen molar-refractivity contribution in [3.05, 3.63) is 46.3 Å². The molecule has 0 saturated heterocycles. The molecule has 1 aromatic carbocycles. The second-order valence-corrected chi connectivity index (χ2v) is 7.74. The molecule has 2 heterocycles. The lowest BCUT2D eigenvalue weighted by molar-refractivity contribution is -0.136. The number of nitrogens with one attached hydrogen (secondary N) is 2. The van der Waals surface area contributed by atoms with Gasteiger partial charge in [-0.1, -0.05) is 0 Å². The molecule has 28 heavy (non-hydrogen) atoms. The number of aromatic hydroxyl groups is 1. The largest absolute Gasteiger partial charge is 0.507 e. The topological polar surface area (TPSA) is 83.5 Å². The summed E-state index contributed by atoms with van der Waals surface area (Å²) in [7, 11) is 0. The fourth-order valence-corrected chi connectivity index (χ4v) is 3.64. The van der Waals surface area contributed by atoms with Gasteiger partial charge < -0.3 is 20.5 Å². The molecule has 1 amide bonds. The maximum Gasteiger partial charge on any atom is 0.263 e. The maximum absolute atomic E-state index is 12.8. The van der Waals surface area contributed by atoms with E-state index >= 15 is 0 Å². The number of fused-ring (bicyclic) bond motifs is 1. The molecule has 0 spiro atoms. The van der Waals surface area contributed by atoms with E-state index in [0.29, 0.717) is 31.7 Å². The number of hydrogen-bond acceptors (Lipinski definition) is 5. The van der Waals surface area contributed by atoms with E-state index in [1.54, 1.807) is 12.4 Å². The Hall–Kier alpha value is -2.76. The average Bonchev–Trinajstić information content (AvgIpc) is 2.69. The number of aromatic nitrogens is 1. The Morgan fingerprint density at radius 3 is 2.68 bits per heavy atom. The zero-order chi connectivity index (χ0) is 20.5. The van der Waals surface area contributed by atoms with Gasteiger partial charge in [0, 0.05) is 43.2 Å². The first kappa shape index (κ1) is 20.0. The SMILES string of the molecule is Cc1cnccc1NCCNC(=O)C1(C)CCc2c(C)c(O)c(C)c(C)c2O1. The quantitative estimate of drug-likeness (QED) is 0.690. The van der Waals surface area contributed by atoms with Crippen molar-refractivity contribution in [2.24, 2.45) is 0 Å². The summed E-state index contributed by atoms with van der Waals surface area (Å²) in [6.07, 6.45) is 4.82. The fourth-order valence-electron chi connectivity index (χ4n) is 3.64. The Kier molecular flexibility index (Phi) is 5.49. The van der Waals surface area contributed by atoms with Crippen molar-refractivity contribution in [2.75, 3.05) is 18.4 Å². The predicted molar refractivity (Wildman–Crippen MR) is 110 cm³/mol. The number of carbonyl (C=O) groups is 1. The number of amides is 1. The van der Waals surface area contributed by atoms with Crippen molar-refractivity contribution >= 4 is 11.6 Å². The van der Waals surface area contributed by atoms with Crippen LogP contribution in [0.15, 0.2) is 18.5 Å². The Labute approximate surface area is 166 Å². The summed E-state index contributed by atoms with van der Waals surface area (Å²) in [4.78, 5) is 16.9. The molecule has 0 radical (unpaired) electrons. The van der Waals surface area contributed by atoms with Gasteiger partial charge in [0.25, 0.3) is 5.91 Å². The molecule has 3 N–H and O–H groups in total. The lowest BCUT2D eigenvalue weighted by Gasteiger charge is -2.36. The van der Waals surface area contributed by atoms with Crippen molar-refractivity contribution < 1.29 is 14.6 Å². The molecular formula is C22H29N3O3. The van der Waals surface area contributed by atoms with Crippen molar-refractivity contribution in [3.63, 3.8) is 0 Å². The van der Waals surface area contributed by atoms with Crippen LogP contribution in [0.4, 0.5) is 5.69 Å². The molecule has 0 saturated carbocycles. The zero-order valence-corrected chi connectivity index (χ0v) is 17.3. The highest BCUT2D eigenvalue weighted by molar-refractivity contribution is 5.85. The van der Waals surface area contributed by atoms with Gasteiger partial charge in [0.15, 0.2) is 5.60 Å². The van der Waals surface area contributed by atoms with Crippen LogP contribution in [0.25, 0.3) is 0 Å². The standard InChI is InChI=1S/C22H29N3O3/c1-13-12-23-9-7-18(13)24-10-11-25-21(27)22(5)8-6-17-16(4)19(26)14(2)15(3)20(17)28-22/h7,9,12,26H,6,8,10-11H2,1-5H3,(H,23,24)(H,25,27). The van der Waals surface area contributed by atoms with Crippen LogP contribution in [0, 0.1) is 27.7 Å². The van der Waals surface area contributed by atoms with Gasteiger partial charge in [0.1, 0.15) is 11.5 Å². The number of phenolic OH excluding ortho intramolecular Hbond substituents is 1. The molecule has 0 fully saturated rings. The number of rotatable bonds is 5. The molecule has 1 aliphatic rings. The number of pyridine rings is 1. The van der Waals surface area contributed by atoms with Crippen molar-refractivity contribution in [2.45, 2.75) is 53.1 Å². The normalized spacial score (nSPS) is 18.2. The van der Waals surface area contributed by atoms with Gasteiger partial charge in [-0.15, -0.1) is 0 Å². The lowest BCUT2D eigenvalue weighted by Crippen LogP contribution is -2.51. The maximum atomic E-state index is 12.8. The molecule has 1 aromatic heterocycles. The summed E-state index contributed by atoms with van der Waals surface area (Å²) in [6.45, 7) is 10.7. The van der Waals surface area contributed by atoms with Gasteiger partial charge in [0.2, 0.25) is 0 Å². The number of anilines is 1. The summed E-state index contributed by atoms with van der Waals surface area (Å²) in [5.74, 6) is 0.946. The minimum Gasteiger partial charge on any atom is -0.507 e. The Balaban J connectivity index is 1.64. The average molecular weight is 383 g/mol. The van der Waals surface area contributed by atoms with Crippen molar-refractivity contribution in [3.8, 4) is 11.5 Å². The van der Waals surface area contributed by atoms with E-state index in [4.69, 9.17) is 4.74 Å². The highest BCUT2D eigenvalue weighted by Gasteiger charge is 2.40. The molecule has 150 valence electrons. The summed E-state index contributed by atoms with van der Waals surface area (Å²) >= 11 is 0. The van der Waals surface area contributed by atoms with Crippen LogP contribution >= 0.6 is 0 Å². The summed E-state index contributed by atoms with van der Waals surface area (Å²) < 4.78 is 6.21. The smallest absolute Gasteiger partial charge is 0.263 e.